The standard InChI is InChI=1S/C20H20N6O9S.C13H8F2O3/c1-25-19(22-23-24-25)36-8-10-7-35-18-20(34-2,17(33)26(18)13(10)16(31)32)21-14(28)12(15(29)30)9-3-5-11(27)6-4-9;14-8-2-3-9(11(15)6-8)7-1-4-12(16)10(5-7)13(17)18/h3-6,12,18,27H,7-8H2,1-2H3,(H,21,28)(H,29,30)(H,31,32);1-6,16H,(H,17,18)/t12?,18-,20+;/m1./s1. The summed E-state index contributed by atoms with van der Waals surface area (Å²) >= 11 is 1.14. The SMILES string of the molecule is CO[C@@]1(NC(=O)C(C(=O)O)c2ccc(O)cc2)C(=O)N2C(C(=O)O)=C(CSc3nnnn3C)CO[C@@H]21.O=C(O)c1cc(-c2ccc(F)cc2F)ccc1O. The first-order valence-corrected chi connectivity index (χ1v) is 16.2. The summed E-state index contributed by atoms with van der Waals surface area (Å²) in [4.78, 5) is 61.8. The van der Waals surface area contributed by atoms with Crippen LogP contribution in [-0.2, 0) is 35.7 Å². The molecular weight excluding hydrogens is 742 g/mol. The Morgan fingerprint density at radius 1 is 1.04 bits per heavy atom. The largest absolute Gasteiger partial charge is 0.508 e. The average Bonchev–Trinajstić information content (AvgIpc) is 3.54. The van der Waals surface area contributed by atoms with E-state index in [9.17, 15) is 53.2 Å². The first-order valence-electron chi connectivity index (χ1n) is 15.3. The van der Waals surface area contributed by atoms with E-state index in [-0.39, 0.29) is 51.6 Å². The third-order valence-corrected chi connectivity index (χ3v) is 9.20. The van der Waals surface area contributed by atoms with Crippen LogP contribution in [0.3, 0.4) is 0 Å². The fourth-order valence-corrected chi connectivity index (χ4v) is 6.32. The molecule has 2 amide bonds. The number of methoxy groups -OCH3 is 1. The highest BCUT2D eigenvalue weighted by atomic mass is 32.2. The molecule has 3 atom stereocenters. The number of tetrazole rings is 1. The van der Waals surface area contributed by atoms with Gasteiger partial charge in [0, 0.05) is 31.5 Å². The summed E-state index contributed by atoms with van der Waals surface area (Å²) in [6.07, 6.45) is -1.36. The number of rotatable bonds is 11. The van der Waals surface area contributed by atoms with Crippen molar-refractivity contribution in [2.75, 3.05) is 19.5 Å². The molecule has 0 radical (unpaired) electrons. The molecule has 21 heteroatoms. The number of carboxylic acids is 3. The summed E-state index contributed by atoms with van der Waals surface area (Å²) in [5.41, 5.74) is -2.19. The second kappa shape index (κ2) is 15.7. The summed E-state index contributed by atoms with van der Waals surface area (Å²) < 4.78 is 38.7. The molecule has 54 heavy (non-hydrogen) atoms. The second-order valence-corrected chi connectivity index (χ2v) is 12.4. The Hall–Kier alpha value is -6.45. The molecule has 0 bridgehead atoms. The number of hydrogen-bond acceptors (Lipinski definition) is 13. The monoisotopic (exact) mass is 770 g/mol. The zero-order valence-corrected chi connectivity index (χ0v) is 28.7. The lowest BCUT2D eigenvalue weighted by Crippen LogP contribution is -2.82. The third kappa shape index (κ3) is 7.53. The molecular formula is C33H28F2N6O12S. The van der Waals surface area contributed by atoms with Crippen molar-refractivity contribution in [3.8, 4) is 22.6 Å². The molecule has 1 saturated heterocycles. The number of carbonyl (C=O) groups is 5. The molecule has 2 aliphatic heterocycles. The van der Waals surface area contributed by atoms with Crippen LogP contribution >= 0.6 is 11.8 Å². The number of carbonyl (C=O) groups excluding carboxylic acids is 2. The lowest BCUT2D eigenvalue weighted by Gasteiger charge is -2.55. The van der Waals surface area contributed by atoms with Gasteiger partial charge in [-0.3, -0.25) is 19.3 Å². The van der Waals surface area contributed by atoms with Crippen molar-refractivity contribution in [2.24, 2.45) is 7.05 Å². The van der Waals surface area contributed by atoms with Gasteiger partial charge in [0.15, 0.2) is 12.1 Å². The van der Waals surface area contributed by atoms with Crippen LogP contribution in [0.15, 0.2) is 77.1 Å². The Bertz CT molecular complexity index is 2180. The molecule has 0 aliphatic carbocycles. The summed E-state index contributed by atoms with van der Waals surface area (Å²) in [5, 5.41) is 60.8. The van der Waals surface area contributed by atoms with Crippen molar-refractivity contribution >= 4 is 41.5 Å². The van der Waals surface area contributed by atoms with E-state index in [1.54, 1.807) is 7.05 Å². The van der Waals surface area contributed by atoms with Crippen molar-refractivity contribution in [1.29, 1.82) is 0 Å². The molecule has 1 aromatic heterocycles. The van der Waals surface area contributed by atoms with Crippen LogP contribution in [0.2, 0.25) is 0 Å². The van der Waals surface area contributed by atoms with Crippen molar-refractivity contribution < 1.29 is 67.8 Å². The maximum Gasteiger partial charge on any atom is 0.352 e. The van der Waals surface area contributed by atoms with E-state index in [0.717, 1.165) is 42.0 Å². The minimum atomic E-state index is -2.14. The molecule has 0 saturated carbocycles. The zero-order chi connectivity index (χ0) is 39.5. The number of nitrogens with zero attached hydrogens (tertiary/aromatic N) is 5. The van der Waals surface area contributed by atoms with E-state index in [1.165, 1.54) is 41.1 Å². The normalized spacial score (nSPS) is 18.1. The lowest BCUT2D eigenvalue weighted by atomic mass is 9.92. The number of aromatic nitrogens is 4. The smallest absolute Gasteiger partial charge is 0.352 e. The van der Waals surface area contributed by atoms with Crippen LogP contribution in [0.5, 0.6) is 11.5 Å². The predicted octanol–water partition coefficient (Wildman–Crippen LogP) is 1.91. The van der Waals surface area contributed by atoms with Crippen molar-refractivity contribution in [1.82, 2.24) is 30.4 Å². The van der Waals surface area contributed by atoms with Gasteiger partial charge in [-0.05, 0) is 63.5 Å². The van der Waals surface area contributed by atoms with Crippen LogP contribution in [0.4, 0.5) is 8.78 Å². The molecule has 0 spiro atoms. The fourth-order valence-electron chi connectivity index (χ4n) is 5.48. The van der Waals surface area contributed by atoms with E-state index < -0.39 is 65.0 Å². The quantitative estimate of drug-likeness (QED) is 0.0551. The first kappa shape index (κ1) is 38.8. The topological polar surface area (TPSA) is 264 Å². The number of hydrogen-bond donors (Lipinski definition) is 6. The summed E-state index contributed by atoms with van der Waals surface area (Å²) in [7, 11) is 2.71. The number of phenols is 2. The van der Waals surface area contributed by atoms with Gasteiger partial charge in [0.1, 0.15) is 34.4 Å². The molecule has 6 rings (SSSR count). The summed E-state index contributed by atoms with van der Waals surface area (Å²) in [6, 6.07) is 11.6. The number of amides is 2. The van der Waals surface area contributed by atoms with Crippen LogP contribution in [-0.4, -0.2) is 112 Å². The number of phenolic OH excluding ortho intramolecular Hbond substituents is 1. The van der Waals surface area contributed by atoms with Crippen molar-refractivity contribution in [3.63, 3.8) is 0 Å². The maximum atomic E-state index is 13.5. The minimum Gasteiger partial charge on any atom is -0.508 e. The Morgan fingerprint density at radius 3 is 2.31 bits per heavy atom. The Balaban J connectivity index is 0.000000260. The van der Waals surface area contributed by atoms with Gasteiger partial charge in [0.05, 0.1) is 6.61 Å². The average molecular weight is 771 g/mol. The number of ether oxygens (including phenoxy) is 2. The number of nitrogens with one attached hydrogen (secondary N) is 1. The second-order valence-electron chi connectivity index (χ2n) is 11.4. The molecule has 3 aromatic carbocycles. The number of benzene rings is 3. The Morgan fingerprint density at radius 2 is 1.74 bits per heavy atom. The van der Waals surface area contributed by atoms with Gasteiger partial charge in [-0.2, -0.15) is 0 Å². The number of halogens is 2. The molecule has 6 N–H and O–H groups in total. The van der Waals surface area contributed by atoms with Gasteiger partial charge in [-0.15, -0.1) is 5.10 Å². The zero-order valence-electron chi connectivity index (χ0n) is 27.8. The highest BCUT2D eigenvalue weighted by Crippen LogP contribution is 2.41. The summed E-state index contributed by atoms with van der Waals surface area (Å²) in [5.74, 6) is -9.97. The Labute approximate surface area is 306 Å². The van der Waals surface area contributed by atoms with E-state index in [1.807, 2.05) is 0 Å². The fraction of sp³-hybridized carbons (Fsp3) is 0.212. The van der Waals surface area contributed by atoms with E-state index in [2.05, 4.69) is 20.8 Å². The molecule has 18 nitrogen and oxygen atoms in total. The number of aromatic hydroxyl groups is 2. The van der Waals surface area contributed by atoms with Crippen molar-refractivity contribution in [2.45, 2.75) is 23.0 Å². The lowest BCUT2D eigenvalue weighted by molar-refractivity contribution is -0.258. The number of carboxylic acid groups (broad SMARTS) is 3. The van der Waals surface area contributed by atoms with Gasteiger partial charge in [-0.1, -0.05) is 30.0 Å². The number of aryl methyl sites for hydroxylation is 1. The highest BCUT2D eigenvalue weighted by Gasteiger charge is 2.68. The van der Waals surface area contributed by atoms with E-state index in [0.29, 0.717) is 11.2 Å². The molecule has 3 heterocycles. The van der Waals surface area contributed by atoms with Gasteiger partial charge in [0.25, 0.3) is 11.6 Å². The number of thioether (sulfide) groups is 1. The van der Waals surface area contributed by atoms with Gasteiger partial charge < -0.3 is 40.3 Å². The highest BCUT2D eigenvalue weighted by molar-refractivity contribution is 7.99. The first-order chi connectivity index (χ1) is 25.6. The number of aromatic carboxylic acids is 1. The van der Waals surface area contributed by atoms with E-state index >= 15 is 0 Å². The van der Waals surface area contributed by atoms with Crippen LogP contribution in [0.1, 0.15) is 21.8 Å². The minimum absolute atomic E-state index is 0.0425. The molecule has 2 aliphatic rings. The van der Waals surface area contributed by atoms with Crippen LogP contribution in [0, 0.1) is 11.6 Å². The van der Waals surface area contributed by atoms with Crippen molar-refractivity contribution in [3.05, 3.63) is 94.7 Å². The van der Waals surface area contributed by atoms with E-state index in [4.69, 9.17) is 14.6 Å². The molecule has 282 valence electrons. The van der Waals surface area contributed by atoms with Crippen LogP contribution < -0.4 is 5.32 Å². The van der Waals surface area contributed by atoms with Gasteiger partial charge in [0.2, 0.25) is 11.1 Å². The number of β-lactam (4-membered cyclic amide) rings is 1. The number of fused-ring (bicyclic) bond motifs is 1. The maximum absolute atomic E-state index is 13.5. The molecule has 4 aromatic rings. The van der Waals surface area contributed by atoms with Gasteiger partial charge >= 0.3 is 17.9 Å². The van der Waals surface area contributed by atoms with Crippen LogP contribution in [0.25, 0.3) is 11.1 Å². The van der Waals surface area contributed by atoms with Gasteiger partial charge in [-0.25, -0.2) is 23.1 Å². The number of aliphatic carboxylic acids is 2. The molecule has 1 unspecified atom stereocenters. The Kier molecular flexibility index (Phi) is 11.2. The predicted molar refractivity (Wildman–Crippen MR) is 178 cm³/mol. The third-order valence-electron chi connectivity index (χ3n) is 8.10. The molecule has 1 fully saturated rings. The summed E-state index contributed by atoms with van der Waals surface area (Å²) in [6.45, 7) is -0.213.